The van der Waals surface area contributed by atoms with Crippen LogP contribution in [0.1, 0.15) is 42.1 Å². The summed E-state index contributed by atoms with van der Waals surface area (Å²) in [6, 6.07) is 16.8. The van der Waals surface area contributed by atoms with Crippen LogP contribution in [-0.2, 0) is 4.74 Å². The third-order valence-electron chi connectivity index (χ3n) is 4.54. The van der Waals surface area contributed by atoms with E-state index in [0.717, 1.165) is 28.8 Å². The molecule has 0 fully saturated rings. The fourth-order valence-corrected chi connectivity index (χ4v) is 3.00. The molecule has 2 rings (SSSR count). The zero-order valence-electron chi connectivity index (χ0n) is 17.0. The van der Waals surface area contributed by atoms with Gasteiger partial charge in [0, 0.05) is 7.11 Å². The Morgan fingerprint density at radius 2 is 1.38 bits per heavy atom. The summed E-state index contributed by atoms with van der Waals surface area (Å²) in [5.41, 5.74) is 3.57. The van der Waals surface area contributed by atoms with Gasteiger partial charge in [-0.3, -0.25) is 0 Å². The van der Waals surface area contributed by atoms with Crippen molar-refractivity contribution in [1.29, 1.82) is 0 Å². The van der Waals surface area contributed by atoms with E-state index >= 15 is 0 Å². The van der Waals surface area contributed by atoms with E-state index in [1.807, 2.05) is 12.1 Å². The Hall–Kier alpha value is -1.84. The molecule has 142 valence electrons. The molecule has 26 heavy (non-hydrogen) atoms. The van der Waals surface area contributed by atoms with Gasteiger partial charge in [0.1, 0.15) is 11.9 Å². The highest BCUT2D eigenvalue weighted by atomic mass is 16.5. The van der Waals surface area contributed by atoms with Crippen molar-refractivity contribution in [2.45, 2.75) is 32.3 Å². The molecule has 0 aliphatic carbocycles. The van der Waals surface area contributed by atoms with Crippen LogP contribution in [0, 0.1) is 6.92 Å². The van der Waals surface area contributed by atoms with Crippen LogP contribution in [0.2, 0.25) is 0 Å². The zero-order chi connectivity index (χ0) is 19.0. The molecule has 3 heteroatoms. The molecule has 2 aromatic carbocycles. The summed E-state index contributed by atoms with van der Waals surface area (Å²) < 4.78 is 12.6. The minimum atomic E-state index is -0.0415. The summed E-state index contributed by atoms with van der Waals surface area (Å²) in [6.45, 7) is 4.09. The zero-order valence-corrected chi connectivity index (χ0v) is 17.0. The van der Waals surface area contributed by atoms with E-state index in [4.69, 9.17) is 9.47 Å². The Bertz CT molecular complexity index is 641. The van der Waals surface area contributed by atoms with Gasteiger partial charge in [0.25, 0.3) is 0 Å². The topological polar surface area (TPSA) is 18.5 Å². The highest BCUT2D eigenvalue weighted by molar-refractivity contribution is 5.35. The molecule has 1 atom stereocenters. The van der Waals surface area contributed by atoms with Crippen molar-refractivity contribution in [1.82, 2.24) is 0 Å². The molecule has 1 unspecified atom stereocenters. The quantitative estimate of drug-likeness (QED) is 0.441. The van der Waals surface area contributed by atoms with E-state index in [9.17, 15) is 0 Å². The van der Waals surface area contributed by atoms with E-state index in [-0.39, 0.29) is 6.10 Å². The number of unbranched alkanes of at least 4 members (excludes halogenated alkanes) is 2. The summed E-state index contributed by atoms with van der Waals surface area (Å²) >= 11 is 0. The van der Waals surface area contributed by atoms with Gasteiger partial charge >= 0.3 is 0 Å². The van der Waals surface area contributed by atoms with Gasteiger partial charge in [0.15, 0.2) is 0 Å². The number of benzene rings is 2. The Morgan fingerprint density at radius 3 is 1.92 bits per heavy atom. The molecule has 0 aliphatic heterocycles. The maximum atomic E-state index is 5.88. The van der Waals surface area contributed by atoms with Crippen LogP contribution in [0.5, 0.6) is 5.75 Å². The number of hydrogen-bond acceptors (Lipinski definition) is 2. The van der Waals surface area contributed by atoms with Crippen LogP contribution in [0.3, 0.4) is 0 Å². The third kappa shape index (κ3) is 6.81. The van der Waals surface area contributed by atoms with Crippen molar-refractivity contribution in [2.75, 3.05) is 41.4 Å². The van der Waals surface area contributed by atoms with E-state index in [1.165, 1.54) is 30.5 Å². The van der Waals surface area contributed by atoms with Gasteiger partial charge in [-0.1, -0.05) is 42.0 Å². The fourth-order valence-electron chi connectivity index (χ4n) is 3.00. The van der Waals surface area contributed by atoms with Crippen LogP contribution >= 0.6 is 0 Å². The first-order valence-electron chi connectivity index (χ1n) is 9.51. The second-order valence-corrected chi connectivity index (χ2v) is 8.02. The highest BCUT2D eigenvalue weighted by Crippen LogP contribution is 2.27. The van der Waals surface area contributed by atoms with Gasteiger partial charge in [0.2, 0.25) is 0 Å². The standard InChI is InChI=1S/C23H34NO2/c1-19-9-11-20(12-10-19)23(25-5)21-13-15-22(16-14-21)26-18-8-6-7-17-24(2,3)4/h9-16,23H,6-8,17-18H2,1-5H3/q+1. The van der Waals surface area contributed by atoms with E-state index in [1.54, 1.807) is 7.11 Å². The summed E-state index contributed by atoms with van der Waals surface area (Å²) in [6.07, 6.45) is 3.52. The number of hydrogen-bond donors (Lipinski definition) is 0. The Labute approximate surface area is 159 Å². The molecule has 2 aromatic rings. The number of quaternary nitrogens is 1. The average molecular weight is 357 g/mol. The molecule has 0 bridgehead atoms. The first-order chi connectivity index (χ1) is 12.4. The lowest BCUT2D eigenvalue weighted by molar-refractivity contribution is -0.870. The van der Waals surface area contributed by atoms with Crippen molar-refractivity contribution >= 4 is 0 Å². The SMILES string of the molecule is COC(c1ccc(C)cc1)c1ccc(OCCCCC[N+](C)(C)C)cc1. The minimum absolute atomic E-state index is 0.0415. The predicted molar refractivity (Wildman–Crippen MR) is 109 cm³/mol. The van der Waals surface area contributed by atoms with Crippen molar-refractivity contribution in [3.05, 3.63) is 65.2 Å². The Morgan fingerprint density at radius 1 is 0.808 bits per heavy atom. The van der Waals surface area contributed by atoms with Gasteiger partial charge in [0.05, 0.1) is 34.3 Å². The lowest BCUT2D eigenvalue weighted by atomic mass is 10.0. The van der Waals surface area contributed by atoms with Gasteiger partial charge in [-0.2, -0.15) is 0 Å². The van der Waals surface area contributed by atoms with Crippen LogP contribution < -0.4 is 4.74 Å². The second kappa shape index (κ2) is 9.75. The summed E-state index contributed by atoms with van der Waals surface area (Å²) in [4.78, 5) is 0. The third-order valence-corrected chi connectivity index (χ3v) is 4.54. The molecule has 0 radical (unpaired) electrons. The Kier molecular flexibility index (Phi) is 7.67. The molecule has 3 nitrogen and oxygen atoms in total. The van der Waals surface area contributed by atoms with E-state index in [0.29, 0.717) is 0 Å². The van der Waals surface area contributed by atoms with Crippen molar-refractivity contribution in [2.24, 2.45) is 0 Å². The van der Waals surface area contributed by atoms with E-state index in [2.05, 4.69) is 64.5 Å². The van der Waals surface area contributed by atoms with Gasteiger partial charge in [-0.15, -0.1) is 0 Å². The van der Waals surface area contributed by atoms with Gasteiger partial charge < -0.3 is 14.0 Å². The normalized spacial score (nSPS) is 12.8. The largest absolute Gasteiger partial charge is 0.494 e. The van der Waals surface area contributed by atoms with Crippen molar-refractivity contribution in [3.63, 3.8) is 0 Å². The maximum Gasteiger partial charge on any atom is 0.119 e. The highest BCUT2D eigenvalue weighted by Gasteiger charge is 2.13. The smallest absolute Gasteiger partial charge is 0.119 e. The number of aryl methyl sites for hydroxylation is 1. The molecular formula is C23H34NO2+. The number of rotatable bonds is 10. The summed E-state index contributed by atoms with van der Waals surface area (Å²) in [7, 11) is 8.47. The molecular weight excluding hydrogens is 322 g/mol. The predicted octanol–water partition coefficient (Wildman–Crippen LogP) is 4.99. The minimum Gasteiger partial charge on any atom is -0.494 e. The molecule has 0 aromatic heterocycles. The first kappa shape index (κ1) is 20.5. The van der Waals surface area contributed by atoms with Crippen LogP contribution in [-0.4, -0.2) is 45.9 Å². The lowest BCUT2D eigenvalue weighted by Crippen LogP contribution is -2.35. The molecule has 0 saturated heterocycles. The maximum absolute atomic E-state index is 5.88. The first-order valence-corrected chi connectivity index (χ1v) is 9.51. The molecule has 0 N–H and O–H groups in total. The molecule has 0 spiro atoms. The van der Waals surface area contributed by atoms with Crippen LogP contribution in [0.25, 0.3) is 0 Å². The van der Waals surface area contributed by atoms with Gasteiger partial charge in [-0.25, -0.2) is 0 Å². The lowest BCUT2D eigenvalue weighted by Gasteiger charge is -2.23. The monoisotopic (exact) mass is 356 g/mol. The summed E-state index contributed by atoms with van der Waals surface area (Å²) in [5, 5.41) is 0. The fraction of sp³-hybridized carbons (Fsp3) is 0.478. The van der Waals surface area contributed by atoms with Crippen LogP contribution in [0.4, 0.5) is 0 Å². The van der Waals surface area contributed by atoms with E-state index < -0.39 is 0 Å². The van der Waals surface area contributed by atoms with Crippen LogP contribution in [0.15, 0.2) is 48.5 Å². The molecule has 0 aliphatic rings. The van der Waals surface area contributed by atoms with Crippen molar-refractivity contribution in [3.8, 4) is 5.75 Å². The molecule has 0 saturated carbocycles. The second-order valence-electron chi connectivity index (χ2n) is 8.02. The molecule has 0 amide bonds. The summed E-state index contributed by atoms with van der Waals surface area (Å²) in [5.74, 6) is 0.930. The van der Waals surface area contributed by atoms with Crippen molar-refractivity contribution < 1.29 is 14.0 Å². The average Bonchev–Trinajstić information content (AvgIpc) is 2.60. The number of methoxy groups -OCH3 is 1. The number of nitrogens with zero attached hydrogens (tertiary/aromatic N) is 1. The Balaban J connectivity index is 1.82. The molecule has 0 heterocycles. The van der Waals surface area contributed by atoms with Gasteiger partial charge in [-0.05, 0) is 49.4 Å². The number of ether oxygens (including phenoxy) is 2.